The number of fused-ring (bicyclic) bond motifs is 2. The lowest BCUT2D eigenvalue weighted by Crippen LogP contribution is -2.57. The highest BCUT2D eigenvalue weighted by molar-refractivity contribution is 5.89. The number of benzene rings is 1. The zero-order chi connectivity index (χ0) is 26.4. The van der Waals surface area contributed by atoms with E-state index in [0.717, 1.165) is 4.68 Å². The van der Waals surface area contributed by atoms with Crippen molar-refractivity contribution < 1.29 is 27.0 Å². The van der Waals surface area contributed by atoms with E-state index >= 15 is 4.39 Å². The van der Waals surface area contributed by atoms with Crippen molar-refractivity contribution in [1.82, 2.24) is 34.5 Å². The van der Waals surface area contributed by atoms with Crippen LogP contribution in [-0.2, 0) is 4.74 Å². The fourth-order valence-corrected chi connectivity index (χ4v) is 5.06. The summed E-state index contributed by atoms with van der Waals surface area (Å²) in [5, 5.41) is 15.2. The first-order valence-electron chi connectivity index (χ1n) is 12.3. The van der Waals surface area contributed by atoms with Gasteiger partial charge in [0, 0.05) is 13.1 Å². The molecule has 2 atom stereocenters. The molecule has 38 heavy (non-hydrogen) atoms. The third kappa shape index (κ3) is 4.21. The van der Waals surface area contributed by atoms with Crippen molar-refractivity contribution in [3.63, 3.8) is 0 Å². The second-order valence-electron chi connectivity index (χ2n) is 9.53. The molecule has 2 aliphatic rings. The second-order valence-corrected chi connectivity index (χ2v) is 9.53. The maximum absolute atomic E-state index is 15.3. The molecule has 0 saturated carbocycles. The van der Waals surface area contributed by atoms with Gasteiger partial charge in [0.15, 0.2) is 5.82 Å². The summed E-state index contributed by atoms with van der Waals surface area (Å²) in [4.78, 5) is 6.48. The van der Waals surface area contributed by atoms with E-state index in [9.17, 15) is 13.2 Å². The Hall–Kier alpha value is -3.52. The van der Waals surface area contributed by atoms with Crippen molar-refractivity contribution in [1.29, 1.82) is 0 Å². The van der Waals surface area contributed by atoms with E-state index in [1.54, 1.807) is 18.2 Å². The van der Waals surface area contributed by atoms with Crippen molar-refractivity contribution in [3.05, 3.63) is 30.2 Å². The van der Waals surface area contributed by atoms with E-state index in [-0.39, 0.29) is 35.5 Å². The number of nitrogens with zero attached hydrogens (tertiary/aromatic N) is 7. The lowest BCUT2D eigenvalue weighted by Gasteiger charge is -2.42. The van der Waals surface area contributed by atoms with Gasteiger partial charge in [0.1, 0.15) is 36.6 Å². The van der Waals surface area contributed by atoms with Crippen LogP contribution < -0.4 is 10.1 Å². The Morgan fingerprint density at radius 2 is 2.05 bits per heavy atom. The molecule has 2 fully saturated rings. The Balaban J connectivity index is 1.33. The summed E-state index contributed by atoms with van der Waals surface area (Å²) in [6.45, 7) is 0.324. The number of hydrogen-bond donors (Lipinski definition) is 1. The number of methoxy groups -OCH3 is 1. The normalized spacial score (nSPS) is 20.9. The number of aromatic nitrogens is 6. The Morgan fingerprint density at radius 1 is 1.24 bits per heavy atom. The smallest absolute Gasteiger partial charge is 0.244 e. The zero-order valence-electron chi connectivity index (χ0n) is 20.5. The molecule has 202 valence electrons. The van der Waals surface area contributed by atoms with E-state index < -0.39 is 37.4 Å². The molecule has 14 heteroatoms. The molecule has 5 heterocycles. The van der Waals surface area contributed by atoms with E-state index in [2.05, 4.69) is 30.6 Å². The summed E-state index contributed by atoms with van der Waals surface area (Å²) >= 11 is 0. The molecule has 0 radical (unpaired) electrons. The average molecular weight is 535 g/mol. The quantitative estimate of drug-likeness (QED) is 0.345. The Bertz CT molecular complexity index is 1450. The van der Waals surface area contributed by atoms with Crippen LogP contribution in [0.5, 0.6) is 5.88 Å². The number of piperidine rings is 1. The van der Waals surface area contributed by atoms with Gasteiger partial charge in [-0.15, -0.1) is 10.2 Å². The van der Waals surface area contributed by atoms with Gasteiger partial charge in [-0.25, -0.2) is 26.8 Å². The molecule has 10 nitrogen and oxygen atoms in total. The van der Waals surface area contributed by atoms with Gasteiger partial charge >= 0.3 is 0 Å². The Kier molecular flexibility index (Phi) is 6.51. The Labute approximate surface area is 214 Å². The monoisotopic (exact) mass is 534 g/mol. The van der Waals surface area contributed by atoms with Gasteiger partial charge in [-0.2, -0.15) is 4.98 Å². The molecule has 3 aromatic heterocycles. The lowest BCUT2D eigenvalue weighted by molar-refractivity contribution is -0.0794. The molecular formula is C24H26F4N8O2. The predicted octanol–water partition coefficient (Wildman–Crippen LogP) is 2.99. The highest BCUT2D eigenvalue weighted by Crippen LogP contribution is 2.36. The second kappa shape index (κ2) is 9.98. The molecule has 1 N–H and O–H groups in total. The number of hydrogen-bond acceptors (Lipinski definition) is 8. The molecule has 1 aromatic carbocycles. The third-order valence-electron chi connectivity index (χ3n) is 7.23. The van der Waals surface area contributed by atoms with Crippen LogP contribution in [-0.4, -0.2) is 99.5 Å². The van der Waals surface area contributed by atoms with Crippen molar-refractivity contribution in [2.45, 2.75) is 30.7 Å². The maximum Gasteiger partial charge on any atom is 0.244 e. The minimum Gasteiger partial charge on any atom is -0.479 e. The highest BCUT2D eigenvalue weighted by atomic mass is 19.1. The number of alkyl halides is 3. The van der Waals surface area contributed by atoms with Crippen LogP contribution in [0.2, 0.25) is 0 Å². The van der Waals surface area contributed by atoms with Crippen LogP contribution in [0.25, 0.3) is 27.7 Å². The first kappa shape index (κ1) is 24.8. The fourth-order valence-electron chi connectivity index (χ4n) is 5.06. The summed E-state index contributed by atoms with van der Waals surface area (Å²) in [7, 11) is 1.40. The molecule has 2 saturated heterocycles. The molecule has 0 amide bonds. The van der Waals surface area contributed by atoms with Gasteiger partial charge in [0.25, 0.3) is 0 Å². The molecule has 0 spiro atoms. The molecular weight excluding hydrogens is 508 g/mol. The topological polar surface area (TPSA) is 94.6 Å². The largest absolute Gasteiger partial charge is 0.479 e. The zero-order valence-corrected chi connectivity index (χ0v) is 20.5. The summed E-state index contributed by atoms with van der Waals surface area (Å²) in [6, 6.07) is 3.40. The van der Waals surface area contributed by atoms with Crippen LogP contribution >= 0.6 is 0 Å². The van der Waals surface area contributed by atoms with Crippen LogP contribution in [0.1, 0.15) is 12.5 Å². The van der Waals surface area contributed by atoms with E-state index in [1.165, 1.54) is 17.8 Å². The van der Waals surface area contributed by atoms with E-state index in [0.29, 0.717) is 42.8 Å². The van der Waals surface area contributed by atoms with Crippen molar-refractivity contribution >= 4 is 22.5 Å². The number of halogens is 4. The van der Waals surface area contributed by atoms with Crippen molar-refractivity contribution in [3.8, 4) is 17.0 Å². The highest BCUT2D eigenvalue weighted by Gasteiger charge is 2.36. The van der Waals surface area contributed by atoms with Crippen molar-refractivity contribution in [2.75, 3.05) is 52.1 Å². The van der Waals surface area contributed by atoms with Gasteiger partial charge in [0.2, 0.25) is 11.8 Å². The van der Waals surface area contributed by atoms with Crippen LogP contribution in [0, 0.1) is 5.82 Å². The molecule has 0 bridgehead atoms. The number of anilines is 1. The van der Waals surface area contributed by atoms with Gasteiger partial charge in [0.05, 0.1) is 49.7 Å². The first-order valence-corrected chi connectivity index (χ1v) is 12.3. The average Bonchev–Trinajstić information content (AvgIpc) is 3.45. The predicted molar refractivity (Wildman–Crippen MR) is 130 cm³/mol. The molecule has 0 aliphatic carbocycles. The summed E-state index contributed by atoms with van der Waals surface area (Å²) in [5.74, 6) is -0.423. The van der Waals surface area contributed by atoms with Gasteiger partial charge in [-0.3, -0.25) is 4.90 Å². The summed E-state index contributed by atoms with van der Waals surface area (Å²) in [5.41, 5.74) is 1.55. The SMILES string of the molecule is COc1nc(N[C@@H]2CCN(C3COC3)C[C@@H]2F)nn2cc(F)c(-c3ccc4nnn(C(CF)CF)c4c3)c12. The number of nitrogens with one attached hydrogen (secondary N) is 1. The maximum atomic E-state index is 15.3. The molecule has 4 aromatic rings. The standard InChI is InChI=1S/C24H26F4N8O2/c1-37-23-22-21(13-2-3-19-20(6-13)36(33-31-19)14(7-25)8-26)17(28)10-35(22)32-24(30-23)29-18-4-5-34(9-16(18)27)15-11-38-12-15/h2-3,6,10,14-16,18H,4-5,7-9,11-12H2,1H3,(H,29,32)/t16-,18+/m0/s1. The minimum atomic E-state index is -1.14. The minimum absolute atomic E-state index is 0.0815. The van der Waals surface area contributed by atoms with E-state index in [4.69, 9.17) is 9.47 Å². The summed E-state index contributed by atoms with van der Waals surface area (Å²) in [6.07, 6.45) is 0.583. The lowest BCUT2D eigenvalue weighted by atomic mass is 10.0. The van der Waals surface area contributed by atoms with Crippen LogP contribution in [0.4, 0.5) is 23.5 Å². The van der Waals surface area contributed by atoms with Crippen LogP contribution in [0.3, 0.4) is 0 Å². The molecule has 2 aliphatic heterocycles. The van der Waals surface area contributed by atoms with Gasteiger partial charge < -0.3 is 14.8 Å². The van der Waals surface area contributed by atoms with Crippen molar-refractivity contribution in [2.24, 2.45) is 0 Å². The molecule has 0 unspecified atom stereocenters. The van der Waals surface area contributed by atoms with Gasteiger partial charge in [-0.1, -0.05) is 11.3 Å². The fraction of sp³-hybridized carbons (Fsp3) is 0.500. The third-order valence-corrected chi connectivity index (χ3v) is 7.23. The first-order chi connectivity index (χ1) is 18.5. The number of rotatable bonds is 8. The number of likely N-dealkylation sites (tertiary alicyclic amines) is 1. The number of ether oxygens (including phenoxy) is 2. The van der Waals surface area contributed by atoms with Gasteiger partial charge in [-0.05, 0) is 24.1 Å². The van der Waals surface area contributed by atoms with E-state index in [1.807, 2.05) is 0 Å². The van der Waals surface area contributed by atoms with Crippen LogP contribution in [0.15, 0.2) is 24.4 Å². The summed E-state index contributed by atoms with van der Waals surface area (Å²) < 4.78 is 70.1. The molecule has 6 rings (SSSR count). The Morgan fingerprint density at radius 3 is 2.74 bits per heavy atom.